The van der Waals surface area contributed by atoms with Crippen LogP contribution in [0.3, 0.4) is 0 Å². The number of methoxy groups -OCH3 is 1. The summed E-state index contributed by atoms with van der Waals surface area (Å²) in [6.45, 7) is 5.66. The lowest BCUT2D eigenvalue weighted by Crippen LogP contribution is -2.50. The molecule has 146 valence electrons. The fourth-order valence-corrected chi connectivity index (χ4v) is 3.22. The van der Waals surface area contributed by atoms with Crippen molar-refractivity contribution in [1.82, 2.24) is 10.2 Å². The summed E-state index contributed by atoms with van der Waals surface area (Å²) in [6.07, 6.45) is 0. The van der Waals surface area contributed by atoms with E-state index in [0.29, 0.717) is 22.1 Å². The van der Waals surface area contributed by atoms with E-state index in [0.717, 1.165) is 5.56 Å². The van der Waals surface area contributed by atoms with Crippen molar-refractivity contribution in [3.05, 3.63) is 41.1 Å². The summed E-state index contributed by atoms with van der Waals surface area (Å²) in [5.41, 5.74) is 1.78. The van der Waals surface area contributed by atoms with E-state index in [1.54, 1.807) is 44.9 Å². The molecule has 0 aliphatic carbocycles. The summed E-state index contributed by atoms with van der Waals surface area (Å²) in [7, 11) is 1.58. The van der Waals surface area contributed by atoms with Gasteiger partial charge in [-0.25, -0.2) is 4.79 Å². The van der Waals surface area contributed by atoms with Gasteiger partial charge >= 0.3 is 11.9 Å². The highest BCUT2D eigenvalue weighted by molar-refractivity contribution is 7.80. The maximum absolute atomic E-state index is 12.6. The summed E-state index contributed by atoms with van der Waals surface area (Å²) in [6, 6.07) is 6.68. The smallest absolute Gasteiger partial charge is 0.338 e. The summed E-state index contributed by atoms with van der Waals surface area (Å²) >= 11 is 5.43. The molecule has 0 amide bonds. The zero-order valence-corrected chi connectivity index (χ0v) is 16.7. The third kappa shape index (κ3) is 4.77. The van der Waals surface area contributed by atoms with Gasteiger partial charge in [0, 0.05) is 5.70 Å². The van der Waals surface area contributed by atoms with Crippen LogP contribution in [-0.2, 0) is 19.1 Å². The molecule has 1 aromatic rings. The Morgan fingerprint density at radius 2 is 1.78 bits per heavy atom. The molecule has 0 fully saturated rings. The van der Waals surface area contributed by atoms with Crippen molar-refractivity contribution in [3.8, 4) is 5.75 Å². The number of allylic oxidation sites excluding steroid dienone is 1. The van der Waals surface area contributed by atoms with Crippen LogP contribution in [0.4, 0.5) is 0 Å². The molecule has 27 heavy (non-hydrogen) atoms. The third-order valence-corrected chi connectivity index (χ3v) is 4.41. The fourth-order valence-electron chi connectivity index (χ4n) is 2.89. The molecule has 1 heterocycles. The van der Waals surface area contributed by atoms with Gasteiger partial charge in [-0.15, -0.1) is 0 Å². The lowest BCUT2D eigenvalue weighted by molar-refractivity contribution is -0.145. The van der Waals surface area contributed by atoms with Crippen molar-refractivity contribution in [2.75, 3.05) is 26.9 Å². The van der Waals surface area contributed by atoms with Crippen molar-refractivity contribution in [2.45, 2.75) is 26.8 Å². The van der Waals surface area contributed by atoms with E-state index in [9.17, 15) is 9.59 Å². The Morgan fingerprint density at radius 1 is 1.15 bits per heavy atom. The molecule has 1 aliphatic rings. The Hall–Kier alpha value is -2.61. The number of rotatable bonds is 7. The van der Waals surface area contributed by atoms with Gasteiger partial charge in [0.05, 0.1) is 31.9 Å². The Balaban J connectivity index is 2.51. The number of carbonyl (C=O) groups excluding carboxylic acids is 2. The first-order valence-electron chi connectivity index (χ1n) is 8.67. The molecule has 1 atom stereocenters. The van der Waals surface area contributed by atoms with Gasteiger partial charge < -0.3 is 24.4 Å². The molecule has 8 heteroatoms. The van der Waals surface area contributed by atoms with Gasteiger partial charge in [0.25, 0.3) is 0 Å². The molecule has 0 aromatic heterocycles. The topological polar surface area (TPSA) is 77.1 Å². The van der Waals surface area contributed by atoms with Crippen LogP contribution in [0, 0.1) is 0 Å². The maximum atomic E-state index is 12.6. The highest BCUT2D eigenvalue weighted by atomic mass is 32.1. The van der Waals surface area contributed by atoms with Crippen LogP contribution in [0.1, 0.15) is 32.4 Å². The molecule has 0 saturated heterocycles. The highest BCUT2D eigenvalue weighted by Gasteiger charge is 2.37. The number of thiocarbonyl (C=S) groups is 1. The summed E-state index contributed by atoms with van der Waals surface area (Å²) in [5.74, 6) is -0.201. The van der Waals surface area contributed by atoms with E-state index < -0.39 is 18.0 Å². The summed E-state index contributed by atoms with van der Waals surface area (Å²) in [5, 5.41) is 3.33. The first-order chi connectivity index (χ1) is 12.9. The average molecular weight is 392 g/mol. The summed E-state index contributed by atoms with van der Waals surface area (Å²) < 4.78 is 15.5. The second-order valence-electron chi connectivity index (χ2n) is 5.80. The van der Waals surface area contributed by atoms with Crippen LogP contribution < -0.4 is 10.1 Å². The Morgan fingerprint density at radius 3 is 2.33 bits per heavy atom. The number of carbonyl (C=O) groups is 2. The van der Waals surface area contributed by atoms with Crippen LogP contribution in [0.25, 0.3) is 0 Å². The Labute approximate surface area is 164 Å². The number of esters is 2. The van der Waals surface area contributed by atoms with Gasteiger partial charge in [-0.2, -0.15) is 0 Å². The van der Waals surface area contributed by atoms with Gasteiger partial charge in [-0.1, -0.05) is 12.1 Å². The van der Waals surface area contributed by atoms with Crippen molar-refractivity contribution in [1.29, 1.82) is 0 Å². The first-order valence-corrected chi connectivity index (χ1v) is 9.08. The quantitative estimate of drug-likeness (QED) is 0.560. The molecular weight excluding hydrogens is 368 g/mol. The van der Waals surface area contributed by atoms with E-state index >= 15 is 0 Å². The van der Waals surface area contributed by atoms with Gasteiger partial charge in [0.1, 0.15) is 12.3 Å². The molecule has 0 radical (unpaired) electrons. The second kappa shape index (κ2) is 9.36. The fraction of sp³-hybridized carbons (Fsp3) is 0.421. The largest absolute Gasteiger partial charge is 0.497 e. The number of nitrogens with one attached hydrogen (secondary N) is 1. The molecule has 7 nitrogen and oxygen atoms in total. The van der Waals surface area contributed by atoms with Gasteiger partial charge in [0.15, 0.2) is 5.11 Å². The number of hydrogen-bond acceptors (Lipinski definition) is 6. The van der Waals surface area contributed by atoms with Gasteiger partial charge in [-0.05, 0) is 50.7 Å². The zero-order chi connectivity index (χ0) is 20.0. The Bertz CT molecular complexity index is 745. The van der Waals surface area contributed by atoms with Crippen molar-refractivity contribution >= 4 is 29.3 Å². The minimum Gasteiger partial charge on any atom is -0.497 e. The van der Waals surface area contributed by atoms with Crippen LogP contribution in [0.2, 0.25) is 0 Å². The average Bonchev–Trinajstić information content (AvgIpc) is 2.64. The van der Waals surface area contributed by atoms with Crippen LogP contribution in [0.5, 0.6) is 5.75 Å². The molecule has 0 spiro atoms. The normalized spacial score (nSPS) is 16.7. The van der Waals surface area contributed by atoms with Crippen molar-refractivity contribution < 1.29 is 23.8 Å². The van der Waals surface area contributed by atoms with E-state index in [1.807, 2.05) is 12.1 Å². The van der Waals surface area contributed by atoms with E-state index in [1.165, 1.54) is 0 Å². The number of nitrogens with zero attached hydrogens (tertiary/aromatic N) is 1. The maximum Gasteiger partial charge on any atom is 0.338 e. The molecule has 0 saturated carbocycles. The molecule has 2 rings (SSSR count). The monoisotopic (exact) mass is 392 g/mol. The van der Waals surface area contributed by atoms with Gasteiger partial charge in [0.2, 0.25) is 0 Å². The van der Waals surface area contributed by atoms with E-state index in [2.05, 4.69) is 5.32 Å². The number of ether oxygens (including phenoxy) is 3. The van der Waals surface area contributed by atoms with Crippen molar-refractivity contribution in [2.24, 2.45) is 0 Å². The third-order valence-electron chi connectivity index (χ3n) is 4.08. The predicted octanol–water partition coefficient (Wildman–Crippen LogP) is 2.33. The SMILES string of the molecule is CCOC(=O)CN1C(=S)NC(C)=C(C(=O)OCC)C1c1ccc(OC)cc1. The summed E-state index contributed by atoms with van der Waals surface area (Å²) in [4.78, 5) is 26.4. The second-order valence-corrected chi connectivity index (χ2v) is 6.18. The van der Waals surface area contributed by atoms with E-state index in [4.69, 9.17) is 26.4 Å². The van der Waals surface area contributed by atoms with Crippen molar-refractivity contribution in [3.63, 3.8) is 0 Å². The van der Waals surface area contributed by atoms with E-state index in [-0.39, 0.29) is 19.8 Å². The minimum absolute atomic E-state index is 0.0907. The predicted molar refractivity (Wildman–Crippen MR) is 104 cm³/mol. The minimum atomic E-state index is -0.576. The molecular formula is C19H24N2O5S. The highest BCUT2D eigenvalue weighted by Crippen LogP contribution is 2.35. The number of hydrogen-bond donors (Lipinski definition) is 1. The van der Waals surface area contributed by atoms with Gasteiger partial charge in [-0.3, -0.25) is 4.79 Å². The molecule has 0 bridgehead atoms. The number of benzene rings is 1. The molecule has 1 aliphatic heterocycles. The molecule has 1 aromatic carbocycles. The first kappa shape index (κ1) is 20.7. The Kier molecular flexibility index (Phi) is 7.18. The molecule has 1 N–H and O–H groups in total. The van der Waals surface area contributed by atoms with Crippen LogP contribution in [-0.4, -0.2) is 48.8 Å². The van der Waals surface area contributed by atoms with Crippen LogP contribution >= 0.6 is 12.2 Å². The lowest BCUT2D eigenvalue weighted by Gasteiger charge is -2.39. The van der Waals surface area contributed by atoms with Crippen LogP contribution in [0.15, 0.2) is 35.5 Å². The standard InChI is InChI=1S/C19H24N2O5S/c1-5-25-15(22)11-21-17(13-7-9-14(24-4)10-8-13)16(18(23)26-6-2)12(3)20-19(21)27/h7-10,17H,5-6,11H2,1-4H3,(H,20,27). The lowest BCUT2D eigenvalue weighted by atomic mass is 9.94. The zero-order valence-electron chi connectivity index (χ0n) is 15.9. The molecule has 1 unspecified atom stereocenters.